The van der Waals surface area contributed by atoms with Gasteiger partial charge in [0.25, 0.3) is 5.91 Å². The van der Waals surface area contributed by atoms with Crippen LogP contribution in [0, 0.1) is 0 Å². The van der Waals surface area contributed by atoms with Crippen molar-refractivity contribution in [2.24, 2.45) is 5.10 Å². The molecule has 0 aliphatic heterocycles. The first-order valence-electron chi connectivity index (χ1n) is 8.54. The van der Waals surface area contributed by atoms with E-state index in [9.17, 15) is 4.79 Å². The maximum atomic E-state index is 12.2. The molecule has 0 radical (unpaired) electrons. The zero-order chi connectivity index (χ0) is 19.8. The van der Waals surface area contributed by atoms with Gasteiger partial charge in [-0.1, -0.05) is 36.4 Å². The number of rotatable bonds is 7. The van der Waals surface area contributed by atoms with E-state index in [1.54, 1.807) is 44.6 Å². The van der Waals surface area contributed by atoms with Gasteiger partial charge in [0, 0.05) is 11.8 Å². The summed E-state index contributed by atoms with van der Waals surface area (Å²) < 4.78 is 10.6. The van der Waals surface area contributed by atoms with Gasteiger partial charge in [-0.15, -0.1) is 0 Å². The highest BCUT2D eigenvalue weighted by Gasteiger charge is 2.14. The molecule has 1 amide bonds. The Morgan fingerprint density at radius 1 is 1.11 bits per heavy atom. The monoisotopic (exact) mass is 376 g/mol. The number of aromatic nitrogens is 2. The van der Waals surface area contributed by atoms with Gasteiger partial charge in [0.15, 0.2) is 0 Å². The number of nitrogens with zero attached hydrogens (tertiary/aromatic N) is 2. The molecule has 0 saturated heterocycles. The van der Waals surface area contributed by atoms with Crippen LogP contribution in [0.15, 0.2) is 65.8 Å². The van der Waals surface area contributed by atoms with E-state index < -0.39 is 5.91 Å². The first-order chi connectivity index (χ1) is 13.7. The molecule has 3 aromatic rings. The molecular formula is C21H20N4O3. The third-order valence-corrected chi connectivity index (χ3v) is 3.92. The van der Waals surface area contributed by atoms with Crippen LogP contribution in [-0.4, -0.2) is 36.5 Å². The fourth-order valence-corrected chi connectivity index (χ4v) is 2.51. The van der Waals surface area contributed by atoms with E-state index in [4.69, 9.17) is 9.47 Å². The van der Waals surface area contributed by atoms with Crippen molar-refractivity contribution >= 4 is 18.2 Å². The van der Waals surface area contributed by atoms with Crippen molar-refractivity contribution in [1.82, 2.24) is 15.6 Å². The van der Waals surface area contributed by atoms with E-state index in [2.05, 4.69) is 20.7 Å². The molecule has 142 valence electrons. The summed E-state index contributed by atoms with van der Waals surface area (Å²) in [5, 5.41) is 10.8. The van der Waals surface area contributed by atoms with Crippen molar-refractivity contribution in [2.45, 2.75) is 0 Å². The predicted molar refractivity (Wildman–Crippen MR) is 109 cm³/mol. The maximum Gasteiger partial charge on any atom is 0.289 e. The molecule has 0 unspecified atom stereocenters. The molecule has 0 bridgehead atoms. The minimum absolute atomic E-state index is 0.282. The van der Waals surface area contributed by atoms with Crippen molar-refractivity contribution in [1.29, 1.82) is 0 Å². The van der Waals surface area contributed by atoms with E-state index >= 15 is 0 Å². The van der Waals surface area contributed by atoms with Gasteiger partial charge in [-0.3, -0.25) is 9.89 Å². The van der Waals surface area contributed by atoms with Gasteiger partial charge in [-0.2, -0.15) is 10.2 Å². The summed E-state index contributed by atoms with van der Waals surface area (Å²) in [6.45, 7) is 0. The number of methoxy groups -OCH3 is 2. The number of allylic oxidation sites excluding steroid dienone is 1. The average Bonchev–Trinajstić information content (AvgIpc) is 3.24. The number of H-pyrrole nitrogens is 1. The molecule has 0 atom stereocenters. The molecule has 28 heavy (non-hydrogen) atoms. The van der Waals surface area contributed by atoms with Gasteiger partial charge in [0.1, 0.15) is 17.2 Å². The summed E-state index contributed by atoms with van der Waals surface area (Å²) in [4.78, 5) is 12.2. The number of hydrogen-bond acceptors (Lipinski definition) is 5. The minimum atomic E-state index is -0.398. The topological polar surface area (TPSA) is 88.6 Å². The Bertz CT molecular complexity index is 994. The number of nitrogens with one attached hydrogen (secondary N) is 2. The SMILES string of the molecule is COc1ccc(OC)c(-c2cc(C(=O)N/N=C\C=C\c3ccccc3)[nH]n2)c1. The fourth-order valence-electron chi connectivity index (χ4n) is 2.51. The Hall–Kier alpha value is -3.87. The van der Waals surface area contributed by atoms with E-state index in [0.717, 1.165) is 5.56 Å². The van der Waals surface area contributed by atoms with Crippen LogP contribution >= 0.6 is 0 Å². The summed E-state index contributed by atoms with van der Waals surface area (Å²) in [7, 11) is 3.16. The molecule has 0 spiro atoms. The van der Waals surface area contributed by atoms with Crippen LogP contribution in [0.25, 0.3) is 17.3 Å². The standard InChI is InChI=1S/C21H20N4O3/c1-27-16-10-11-20(28-2)17(13-16)18-14-19(24-23-18)21(26)25-22-12-6-9-15-7-4-3-5-8-15/h3-14H,1-2H3,(H,23,24)(H,25,26)/b9-6+,22-12-. The summed E-state index contributed by atoms with van der Waals surface area (Å²) in [5.41, 5.74) is 5.06. The number of ether oxygens (including phenoxy) is 2. The van der Waals surface area contributed by atoms with Gasteiger partial charge in [-0.05, 0) is 35.9 Å². The highest BCUT2D eigenvalue weighted by Crippen LogP contribution is 2.32. The Balaban J connectivity index is 1.66. The molecule has 0 saturated carbocycles. The van der Waals surface area contributed by atoms with Crippen LogP contribution < -0.4 is 14.9 Å². The second kappa shape index (κ2) is 9.18. The largest absolute Gasteiger partial charge is 0.497 e. The van der Waals surface area contributed by atoms with E-state index in [1.807, 2.05) is 36.4 Å². The molecule has 7 heteroatoms. The smallest absolute Gasteiger partial charge is 0.289 e. The average molecular weight is 376 g/mol. The minimum Gasteiger partial charge on any atom is -0.497 e. The van der Waals surface area contributed by atoms with Crippen molar-refractivity contribution in [3.05, 3.63) is 71.9 Å². The molecule has 3 rings (SSSR count). The summed E-state index contributed by atoms with van der Waals surface area (Å²) >= 11 is 0. The highest BCUT2D eigenvalue weighted by atomic mass is 16.5. The maximum absolute atomic E-state index is 12.2. The molecular weight excluding hydrogens is 356 g/mol. The van der Waals surface area contributed by atoms with Crippen LogP contribution in [0.3, 0.4) is 0 Å². The van der Waals surface area contributed by atoms with Gasteiger partial charge in [0.05, 0.1) is 19.9 Å². The van der Waals surface area contributed by atoms with Crippen LogP contribution in [0.5, 0.6) is 11.5 Å². The number of hydrogen-bond donors (Lipinski definition) is 2. The zero-order valence-electron chi connectivity index (χ0n) is 15.5. The van der Waals surface area contributed by atoms with Gasteiger partial charge in [-0.25, -0.2) is 5.43 Å². The quantitative estimate of drug-likeness (QED) is 0.488. The van der Waals surface area contributed by atoms with Crippen molar-refractivity contribution in [3.63, 3.8) is 0 Å². The van der Waals surface area contributed by atoms with Crippen molar-refractivity contribution < 1.29 is 14.3 Å². The Labute approximate surface area is 162 Å². The molecule has 0 fully saturated rings. The number of hydrazone groups is 1. The number of amides is 1. The van der Waals surface area contributed by atoms with E-state index in [-0.39, 0.29) is 5.69 Å². The third kappa shape index (κ3) is 4.64. The Morgan fingerprint density at radius 3 is 2.68 bits per heavy atom. The van der Waals surface area contributed by atoms with Crippen molar-refractivity contribution in [3.8, 4) is 22.8 Å². The van der Waals surface area contributed by atoms with Crippen LogP contribution in [0.1, 0.15) is 16.1 Å². The molecule has 0 aliphatic carbocycles. The lowest BCUT2D eigenvalue weighted by molar-refractivity contribution is 0.0950. The fraction of sp³-hybridized carbons (Fsp3) is 0.0952. The van der Waals surface area contributed by atoms with Crippen LogP contribution in [0.2, 0.25) is 0 Å². The third-order valence-electron chi connectivity index (χ3n) is 3.92. The number of benzene rings is 2. The first kappa shape index (κ1) is 18.9. The predicted octanol–water partition coefficient (Wildman–Crippen LogP) is 3.52. The lowest BCUT2D eigenvalue weighted by Crippen LogP contribution is -2.17. The van der Waals surface area contributed by atoms with Gasteiger partial charge >= 0.3 is 0 Å². The Kier molecular flexibility index (Phi) is 6.20. The first-order valence-corrected chi connectivity index (χ1v) is 8.54. The van der Waals surface area contributed by atoms with Gasteiger partial charge < -0.3 is 9.47 Å². The summed E-state index contributed by atoms with van der Waals surface area (Å²) in [6, 6.07) is 16.8. The number of carbonyl (C=O) groups is 1. The zero-order valence-corrected chi connectivity index (χ0v) is 15.5. The van der Waals surface area contributed by atoms with E-state index in [1.165, 1.54) is 6.21 Å². The Morgan fingerprint density at radius 2 is 1.93 bits per heavy atom. The molecule has 2 N–H and O–H groups in total. The number of carbonyl (C=O) groups excluding carboxylic acids is 1. The molecule has 1 heterocycles. The second-order valence-electron chi connectivity index (χ2n) is 5.72. The summed E-state index contributed by atoms with van der Waals surface area (Å²) in [6.07, 6.45) is 5.14. The normalized spacial score (nSPS) is 11.1. The van der Waals surface area contributed by atoms with E-state index in [0.29, 0.717) is 22.8 Å². The lowest BCUT2D eigenvalue weighted by Gasteiger charge is -2.08. The molecule has 2 aromatic carbocycles. The van der Waals surface area contributed by atoms with Crippen LogP contribution in [0.4, 0.5) is 0 Å². The number of aromatic amines is 1. The van der Waals surface area contributed by atoms with Crippen LogP contribution in [-0.2, 0) is 0 Å². The van der Waals surface area contributed by atoms with Gasteiger partial charge in [0.2, 0.25) is 0 Å². The lowest BCUT2D eigenvalue weighted by atomic mass is 10.1. The highest BCUT2D eigenvalue weighted by molar-refractivity contribution is 5.94. The van der Waals surface area contributed by atoms with Crippen molar-refractivity contribution in [2.75, 3.05) is 14.2 Å². The molecule has 1 aromatic heterocycles. The second-order valence-corrected chi connectivity index (χ2v) is 5.72. The molecule has 0 aliphatic rings. The molecule has 7 nitrogen and oxygen atoms in total. The summed E-state index contributed by atoms with van der Waals surface area (Å²) in [5.74, 6) is 0.896.